The van der Waals surface area contributed by atoms with E-state index in [9.17, 15) is 4.79 Å². The lowest BCUT2D eigenvalue weighted by Gasteiger charge is -2.09. The lowest BCUT2D eigenvalue weighted by Crippen LogP contribution is -2.23. The third-order valence-corrected chi connectivity index (χ3v) is 4.38. The van der Waals surface area contributed by atoms with Crippen molar-refractivity contribution in [2.24, 2.45) is 0 Å². The Kier molecular flexibility index (Phi) is 5.46. The first-order chi connectivity index (χ1) is 12.1. The number of amides is 1. The molecule has 0 aliphatic carbocycles. The number of rotatable bonds is 5. The molecule has 0 saturated heterocycles. The van der Waals surface area contributed by atoms with Gasteiger partial charge in [0.15, 0.2) is 0 Å². The lowest BCUT2D eigenvalue weighted by molar-refractivity contribution is 0.0946. The number of aryl methyl sites for hydroxylation is 1. The molecule has 3 rings (SSSR count). The molecule has 2 aromatic carbocycles. The second-order valence-electron chi connectivity index (χ2n) is 5.71. The summed E-state index contributed by atoms with van der Waals surface area (Å²) < 4.78 is 0.968. The summed E-state index contributed by atoms with van der Waals surface area (Å²) in [5.41, 5.74) is 4.40. The zero-order valence-electron chi connectivity index (χ0n) is 13.8. The summed E-state index contributed by atoms with van der Waals surface area (Å²) in [7, 11) is 0. The van der Waals surface area contributed by atoms with Gasteiger partial charge in [0.05, 0.1) is 17.6 Å². The van der Waals surface area contributed by atoms with E-state index in [0.29, 0.717) is 12.2 Å². The number of hydrogen-bond donors (Lipinski definition) is 2. The van der Waals surface area contributed by atoms with E-state index in [1.165, 1.54) is 5.56 Å². The summed E-state index contributed by atoms with van der Waals surface area (Å²) in [5, 5.41) is 6.15. The maximum absolute atomic E-state index is 12.2. The Balaban J connectivity index is 1.61. The molecule has 3 aromatic rings. The van der Waals surface area contributed by atoms with E-state index >= 15 is 0 Å². The van der Waals surface area contributed by atoms with Crippen LogP contribution in [0.4, 0.5) is 11.4 Å². The summed E-state index contributed by atoms with van der Waals surface area (Å²) in [5.74, 6) is -0.186. The van der Waals surface area contributed by atoms with Gasteiger partial charge < -0.3 is 10.6 Å². The lowest BCUT2D eigenvalue weighted by atomic mass is 10.1. The molecule has 2 N–H and O–H groups in total. The number of pyridine rings is 1. The summed E-state index contributed by atoms with van der Waals surface area (Å²) in [4.78, 5) is 16.5. The maximum Gasteiger partial charge on any atom is 0.270 e. The smallest absolute Gasteiger partial charge is 0.270 e. The largest absolute Gasteiger partial charge is 0.353 e. The van der Waals surface area contributed by atoms with Crippen LogP contribution in [0.3, 0.4) is 0 Å². The number of carbonyl (C=O) groups is 1. The van der Waals surface area contributed by atoms with Gasteiger partial charge in [-0.15, -0.1) is 0 Å². The van der Waals surface area contributed by atoms with Gasteiger partial charge in [-0.25, -0.2) is 4.98 Å². The summed E-state index contributed by atoms with van der Waals surface area (Å²) >= 11 is 3.49. The molecule has 25 heavy (non-hydrogen) atoms. The van der Waals surface area contributed by atoms with Crippen molar-refractivity contribution < 1.29 is 4.79 Å². The number of carbonyl (C=O) groups excluding carboxylic acids is 1. The molecule has 1 amide bonds. The third-order valence-electron chi connectivity index (χ3n) is 3.68. The first-order valence-electron chi connectivity index (χ1n) is 7.93. The van der Waals surface area contributed by atoms with Crippen LogP contribution in [0.2, 0.25) is 0 Å². The second-order valence-corrected chi connectivity index (χ2v) is 6.56. The Morgan fingerprint density at radius 1 is 1.08 bits per heavy atom. The number of hydrogen-bond acceptors (Lipinski definition) is 3. The maximum atomic E-state index is 12.2. The van der Waals surface area contributed by atoms with Crippen LogP contribution in [0.15, 0.2) is 71.3 Å². The Morgan fingerprint density at radius 2 is 1.92 bits per heavy atom. The van der Waals surface area contributed by atoms with Gasteiger partial charge in [0.25, 0.3) is 5.91 Å². The fourth-order valence-electron chi connectivity index (χ4n) is 2.42. The van der Waals surface area contributed by atoms with Crippen molar-refractivity contribution in [3.63, 3.8) is 0 Å². The SMILES string of the molecule is Cc1cccc(CNC(=O)c2ccc(Nc3ccccc3Br)cn2)c1. The van der Waals surface area contributed by atoms with E-state index in [0.717, 1.165) is 21.4 Å². The minimum atomic E-state index is -0.186. The Labute approximate surface area is 155 Å². The molecule has 0 spiro atoms. The number of benzene rings is 2. The third kappa shape index (κ3) is 4.67. The molecule has 5 heteroatoms. The number of para-hydroxylation sites is 1. The number of nitrogens with zero attached hydrogens (tertiary/aromatic N) is 1. The molecule has 0 aliphatic heterocycles. The topological polar surface area (TPSA) is 54.0 Å². The van der Waals surface area contributed by atoms with Crippen molar-refractivity contribution in [3.8, 4) is 0 Å². The van der Waals surface area contributed by atoms with Gasteiger partial charge in [0, 0.05) is 11.0 Å². The minimum absolute atomic E-state index is 0.186. The molecule has 126 valence electrons. The first-order valence-corrected chi connectivity index (χ1v) is 8.72. The summed E-state index contributed by atoms with van der Waals surface area (Å²) in [6, 6.07) is 19.4. The van der Waals surface area contributed by atoms with Crippen molar-refractivity contribution in [1.82, 2.24) is 10.3 Å². The molecule has 1 aromatic heterocycles. The van der Waals surface area contributed by atoms with Gasteiger partial charge in [0.1, 0.15) is 5.69 Å². The van der Waals surface area contributed by atoms with Gasteiger partial charge in [-0.3, -0.25) is 4.79 Å². The number of anilines is 2. The van der Waals surface area contributed by atoms with Gasteiger partial charge in [0.2, 0.25) is 0 Å². The quantitative estimate of drug-likeness (QED) is 0.650. The van der Waals surface area contributed by atoms with Crippen LogP contribution < -0.4 is 10.6 Å². The number of aromatic nitrogens is 1. The fourth-order valence-corrected chi connectivity index (χ4v) is 2.80. The van der Waals surface area contributed by atoms with Crippen molar-refractivity contribution in [3.05, 3.63) is 88.2 Å². The normalized spacial score (nSPS) is 10.3. The highest BCUT2D eigenvalue weighted by molar-refractivity contribution is 9.10. The van der Waals surface area contributed by atoms with E-state index < -0.39 is 0 Å². The van der Waals surface area contributed by atoms with Crippen molar-refractivity contribution >= 4 is 33.2 Å². The highest BCUT2D eigenvalue weighted by atomic mass is 79.9. The standard InChI is InChI=1S/C20H18BrN3O/c1-14-5-4-6-15(11-14)12-23-20(25)19-10-9-16(13-22-19)24-18-8-3-2-7-17(18)21/h2-11,13,24H,12H2,1H3,(H,23,25). The van der Waals surface area contributed by atoms with Crippen LogP contribution in [0.5, 0.6) is 0 Å². The molecule has 0 unspecified atom stereocenters. The average Bonchev–Trinajstić information content (AvgIpc) is 2.62. The Bertz CT molecular complexity index is 878. The summed E-state index contributed by atoms with van der Waals surface area (Å²) in [6.07, 6.45) is 1.65. The van der Waals surface area contributed by atoms with E-state index in [1.807, 2.05) is 55.5 Å². The highest BCUT2D eigenvalue weighted by Crippen LogP contribution is 2.24. The first kappa shape index (κ1) is 17.2. The molecule has 0 atom stereocenters. The van der Waals surface area contributed by atoms with Gasteiger partial charge in [-0.2, -0.15) is 0 Å². The van der Waals surface area contributed by atoms with E-state index in [4.69, 9.17) is 0 Å². The molecule has 0 saturated carbocycles. The van der Waals surface area contributed by atoms with Crippen molar-refractivity contribution in [1.29, 1.82) is 0 Å². The Morgan fingerprint density at radius 3 is 2.64 bits per heavy atom. The van der Waals surface area contributed by atoms with E-state index in [1.54, 1.807) is 12.3 Å². The van der Waals surface area contributed by atoms with Gasteiger partial charge in [-0.1, -0.05) is 42.0 Å². The average molecular weight is 396 g/mol. The van der Waals surface area contributed by atoms with E-state index in [-0.39, 0.29) is 5.91 Å². The van der Waals surface area contributed by atoms with Crippen molar-refractivity contribution in [2.75, 3.05) is 5.32 Å². The fraction of sp³-hybridized carbons (Fsp3) is 0.100. The van der Waals surface area contributed by atoms with Crippen molar-refractivity contribution in [2.45, 2.75) is 13.5 Å². The zero-order valence-corrected chi connectivity index (χ0v) is 15.4. The molecule has 0 bridgehead atoms. The molecule has 4 nitrogen and oxygen atoms in total. The monoisotopic (exact) mass is 395 g/mol. The zero-order chi connectivity index (χ0) is 17.6. The molecular weight excluding hydrogens is 378 g/mol. The van der Waals surface area contributed by atoms with Crippen LogP contribution in [0, 0.1) is 6.92 Å². The molecule has 0 aliphatic rings. The molecular formula is C20H18BrN3O. The highest BCUT2D eigenvalue weighted by Gasteiger charge is 2.07. The van der Waals surface area contributed by atoms with Gasteiger partial charge >= 0.3 is 0 Å². The summed E-state index contributed by atoms with van der Waals surface area (Å²) in [6.45, 7) is 2.52. The van der Waals surface area contributed by atoms with Crippen LogP contribution in [-0.2, 0) is 6.54 Å². The van der Waals surface area contributed by atoms with Crippen LogP contribution >= 0.6 is 15.9 Å². The predicted molar refractivity (Wildman–Crippen MR) is 104 cm³/mol. The molecule has 0 fully saturated rings. The Hall–Kier alpha value is -2.66. The van der Waals surface area contributed by atoms with Crippen LogP contribution in [0.25, 0.3) is 0 Å². The predicted octanol–water partition coefficient (Wildman–Crippen LogP) is 4.83. The number of halogens is 1. The number of nitrogens with one attached hydrogen (secondary N) is 2. The molecule has 0 radical (unpaired) electrons. The van der Waals surface area contributed by atoms with Gasteiger partial charge in [-0.05, 0) is 52.7 Å². The van der Waals surface area contributed by atoms with Crippen LogP contribution in [0.1, 0.15) is 21.6 Å². The molecule has 1 heterocycles. The van der Waals surface area contributed by atoms with Crippen LogP contribution in [-0.4, -0.2) is 10.9 Å². The second kappa shape index (κ2) is 7.94. The minimum Gasteiger partial charge on any atom is -0.353 e. The van der Waals surface area contributed by atoms with E-state index in [2.05, 4.69) is 37.6 Å².